The van der Waals surface area contributed by atoms with Crippen LogP contribution in [-0.2, 0) is 21.4 Å². The number of amides is 2. The molecule has 4 rings (SSSR count). The van der Waals surface area contributed by atoms with E-state index in [1.54, 1.807) is 13.2 Å². The number of hydrogen-bond acceptors (Lipinski definition) is 5. The fourth-order valence-electron chi connectivity index (χ4n) is 5.99. The van der Waals surface area contributed by atoms with Crippen LogP contribution < -0.4 is 5.32 Å². The number of carbonyl (C=O) groups excluding carboxylic acids is 2. The van der Waals surface area contributed by atoms with E-state index < -0.39 is 10.8 Å². The molecule has 2 amide bonds. The minimum atomic E-state index is -0.803. The van der Waals surface area contributed by atoms with Crippen LogP contribution in [0.4, 0.5) is 0 Å². The number of aryl methyl sites for hydroxylation is 1. The first-order valence-corrected chi connectivity index (χ1v) is 12.5. The van der Waals surface area contributed by atoms with Gasteiger partial charge in [0.1, 0.15) is 5.41 Å². The van der Waals surface area contributed by atoms with Crippen LogP contribution in [0.15, 0.2) is 48.9 Å². The normalized spacial score (nSPS) is 25.6. The number of likely N-dealkylation sites (N-methyl/N-ethyl adjacent to an activating group) is 1. The lowest BCUT2D eigenvalue weighted by Crippen LogP contribution is -2.60. The fraction of sp³-hybridized carbons (Fsp3) is 0.556. The summed E-state index contributed by atoms with van der Waals surface area (Å²) >= 11 is 0. The van der Waals surface area contributed by atoms with Crippen LogP contribution in [0.2, 0.25) is 0 Å². The van der Waals surface area contributed by atoms with E-state index in [2.05, 4.69) is 39.4 Å². The largest absolute Gasteiger partial charge is 0.358 e. The average molecular weight is 464 g/mol. The molecule has 2 fully saturated rings. The Morgan fingerprint density at radius 3 is 2.53 bits per heavy atom. The van der Waals surface area contributed by atoms with Gasteiger partial charge in [-0.2, -0.15) is 0 Å². The van der Waals surface area contributed by atoms with E-state index in [9.17, 15) is 9.59 Å². The smallest absolute Gasteiger partial charge is 0.233 e. The van der Waals surface area contributed by atoms with Crippen LogP contribution in [-0.4, -0.2) is 71.9 Å². The molecular weight excluding hydrogens is 426 g/mol. The van der Waals surface area contributed by atoms with Crippen molar-refractivity contribution in [2.45, 2.75) is 50.4 Å². The van der Waals surface area contributed by atoms with Gasteiger partial charge in [0.2, 0.25) is 11.8 Å². The second-order valence-corrected chi connectivity index (χ2v) is 10.0. The van der Waals surface area contributed by atoms with E-state index in [4.69, 9.17) is 0 Å². The monoisotopic (exact) mass is 463 g/mol. The van der Waals surface area contributed by atoms with E-state index in [-0.39, 0.29) is 11.8 Å². The first kappa shape index (κ1) is 24.3. The summed E-state index contributed by atoms with van der Waals surface area (Å²) in [5.74, 6) is 0.147. The Morgan fingerprint density at radius 2 is 1.82 bits per heavy atom. The van der Waals surface area contributed by atoms with Crippen molar-refractivity contribution in [1.82, 2.24) is 25.1 Å². The van der Waals surface area contributed by atoms with Crippen molar-refractivity contribution in [2.75, 3.05) is 40.3 Å². The van der Waals surface area contributed by atoms with Crippen LogP contribution in [0, 0.1) is 5.41 Å². The lowest BCUT2D eigenvalue weighted by molar-refractivity contribution is -0.150. The van der Waals surface area contributed by atoms with E-state index in [0.29, 0.717) is 19.5 Å². The molecule has 0 aromatic carbocycles. The summed E-state index contributed by atoms with van der Waals surface area (Å²) in [5, 5.41) is 2.85. The maximum absolute atomic E-state index is 14.2. The van der Waals surface area contributed by atoms with Crippen LogP contribution >= 0.6 is 0 Å². The number of carbonyl (C=O) groups is 2. The zero-order chi connectivity index (χ0) is 24.0. The molecular formula is C27H37N5O2. The fourth-order valence-corrected chi connectivity index (χ4v) is 5.99. The molecule has 0 bridgehead atoms. The van der Waals surface area contributed by atoms with Gasteiger partial charge in [-0.1, -0.05) is 6.07 Å². The highest BCUT2D eigenvalue weighted by Gasteiger charge is 2.50. The summed E-state index contributed by atoms with van der Waals surface area (Å²) in [6.07, 6.45) is 11.5. The van der Waals surface area contributed by atoms with Gasteiger partial charge in [-0.3, -0.25) is 19.6 Å². The Balaban J connectivity index is 1.57. The van der Waals surface area contributed by atoms with Gasteiger partial charge in [0.05, 0.1) is 11.1 Å². The second kappa shape index (κ2) is 10.6. The molecule has 7 heteroatoms. The summed E-state index contributed by atoms with van der Waals surface area (Å²) in [6.45, 7) is 2.88. The van der Waals surface area contributed by atoms with Crippen molar-refractivity contribution in [3.05, 3.63) is 60.2 Å². The maximum atomic E-state index is 14.2. The number of aromatic nitrogens is 2. The van der Waals surface area contributed by atoms with Crippen molar-refractivity contribution < 1.29 is 9.59 Å². The molecule has 0 saturated carbocycles. The molecule has 0 aliphatic carbocycles. The summed E-state index contributed by atoms with van der Waals surface area (Å²) < 4.78 is 0. The molecule has 2 saturated heterocycles. The zero-order valence-corrected chi connectivity index (χ0v) is 20.5. The second-order valence-electron chi connectivity index (χ2n) is 10.0. The van der Waals surface area contributed by atoms with Crippen molar-refractivity contribution in [1.29, 1.82) is 0 Å². The predicted octanol–water partition coefficient (Wildman–Crippen LogP) is 2.82. The van der Waals surface area contributed by atoms with Crippen LogP contribution in [0.25, 0.3) is 0 Å². The van der Waals surface area contributed by atoms with E-state index >= 15 is 0 Å². The molecule has 4 heterocycles. The summed E-state index contributed by atoms with van der Waals surface area (Å²) in [5.41, 5.74) is 0.798. The highest BCUT2D eigenvalue weighted by Crippen LogP contribution is 2.40. The van der Waals surface area contributed by atoms with Crippen molar-refractivity contribution in [3.63, 3.8) is 0 Å². The Kier molecular flexibility index (Phi) is 7.61. The number of rotatable bonds is 7. The SMILES string of the molecule is CNC(=O)[C@]1(c2ccccn2)CCCN(C(=O)[C@@]2(CCCc3ccncc3)CCCN(C)C2)C1. The van der Waals surface area contributed by atoms with Gasteiger partial charge < -0.3 is 15.1 Å². The quantitative estimate of drug-likeness (QED) is 0.683. The molecule has 2 aromatic rings. The van der Waals surface area contributed by atoms with Gasteiger partial charge in [0, 0.05) is 45.3 Å². The number of nitrogens with one attached hydrogen (secondary N) is 1. The average Bonchev–Trinajstić information content (AvgIpc) is 2.89. The molecule has 0 unspecified atom stereocenters. The van der Waals surface area contributed by atoms with Gasteiger partial charge >= 0.3 is 0 Å². The Bertz CT molecular complexity index is 970. The lowest BCUT2D eigenvalue weighted by atomic mass is 9.71. The Morgan fingerprint density at radius 1 is 1.03 bits per heavy atom. The van der Waals surface area contributed by atoms with Crippen LogP contribution in [0.5, 0.6) is 0 Å². The highest BCUT2D eigenvalue weighted by atomic mass is 16.2. The summed E-state index contributed by atoms with van der Waals surface area (Å²) in [4.78, 5) is 40.3. The molecule has 34 heavy (non-hydrogen) atoms. The van der Waals surface area contributed by atoms with E-state index in [1.165, 1.54) is 5.56 Å². The van der Waals surface area contributed by atoms with Gasteiger partial charge in [-0.25, -0.2) is 0 Å². The van der Waals surface area contributed by atoms with Crippen LogP contribution in [0.1, 0.15) is 49.8 Å². The molecule has 182 valence electrons. The number of hydrogen-bond donors (Lipinski definition) is 1. The Labute approximate surface area is 203 Å². The molecule has 0 radical (unpaired) electrons. The maximum Gasteiger partial charge on any atom is 0.233 e. The summed E-state index contributed by atoms with van der Waals surface area (Å²) in [6, 6.07) is 9.81. The van der Waals surface area contributed by atoms with Crippen molar-refractivity contribution >= 4 is 11.8 Å². The van der Waals surface area contributed by atoms with Crippen LogP contribution in [0.3, 0.4) is 0 Å². The molecule has 2 aromatic heterocycles. The third-order valence-electron chi connectivity index (χ3n) is 7.69. The van der Waals surface area contributed by atoms with Gasteiger partial charge in [0.25, 0.3) is 0 Å². The number of likely N-dealkylation sites (tertiary alicyclic amines) is 2. The predicted molar refractivity (Wildman–Crippen MR) is 132 cm³/mol. The van der Waals surface area contributed by atoms with Gasteiger partial charge in [-0.05, 0) is 88.4 Å². The summed E-state index contributed by atoms with van der Waals surface area (Å²) in [7, 11) is 3.79. The third-order valence-corrected chi connectivity index (χ3v) is 7.69. The zero-order valence-electron chi connectivity index (χ0n) is 20.5. The van der Waals surface area contributed by atoms with Crippen molar-refractivity contribution in [2.24, 2.45) is 5.41 Å². The molecule has 2 aliphatic heterocycles. The lowest BCUT2D eigenvalue weighted by Gasteiger charge is -2.47. The number of piperidine rings is 2. The highest BCUT2D eigenvalue weighted by molar-refractivity contribution is 5.90. The number of pyridine rings is 2. The molecule has 2 aliphatic rings. The van der Waals surface area contributed by atoms with Gasteiger partial charge in [-0.15, -0.1) is 0 Å². The first-order valence-electron chi connectivity index (χ1n) is 12.5. The van der Waals surface area contributed by atoms with E-state index in [0.717, 1.165) is 57.3 Å². The minimum absolute atomic E-state index is 0.0591. The first-order chi connectivity index (χ1) is 16.5. The van der Waals surface area contributed by atoms with E-state index in [1.807, 2.05) is 35.5 Å². The molecule has 0 spiro atoms. The number of nitrogens with zero attached hydrogens (tertiary/aromatic N) is 4. The van der Waals surface area contributed by atoms with Gasteiger partial charge in [0.15, 0.2) is 0 Å². The van der Waals surface area contributed by atoms with Crippen molar-refractivity contribution in [3.8, 4) is 0 Å². The third kappa shape index (κ3) is 4.99. The minimum Gasteiger partial charge on any atom is -0.358 e. The molecule has 2 atom stereocenters. The topological polar surface area (TPSA) is 78.4 Å². The molecule has 1 N–H and O–H groups in total. The standard InChI is InChI=1S/C27H37N5O2/c1-28-24(33)27(23-9-3-4-15-30-23)14-7-19-32(21-27)25(34)26(13-6-18-31(2)20-26)12-5-8-22-10-16-29-17-11-22/h3-4,9-11,15-17H,5-8,12-14,18-21H2,1-2H3,(H,28,33)/t26-,27+/m0/s1. The molecule has 7 nitrogen and oxygen atoms in total. The Hall–Kier alpha value is -2.80.